The number of fused-ring (bicyclic) bond motifs is 1. The predicted octanol–water partition coefficient (Wildman–Crippen LogP) is 3.16. The maximum Gasteiger partial charge on any atom is 0.310 e. The smallest absolute Gasteiger partial charge is 0.310 e. The number of hydrogen-bond donors (Lipinski definition) is 0. The third-order valence-corrected chi connectivity index (χ3v) is 3.83. The molecule has 0 fully saturated rings. The zero-order valence-electron chi connectivity index (χ0n) is 11.5. The Kier molecular flexibility index (Phi) is 4.05. The molecule has 0 aromatic heterocycles. The van der Waals surface area contributed by atoms with E-state index in [9.17, 15) is 4.79 Å². The monoisotopic (exact) mass is 246 g/mol. The summed E-state index contributed by atoms with van der Waals surface area (Å²) in [6.45, 7) is 6.87. The Balaban J connectivity index is 2.06. The minimum atomic E-state index is -0.129. The van der Waals surface area contributed by atoms with E-state index in [0.29, 0.717) is 13.0 Å². The average Bonchev–Trinajstić information content (AvgIpc) is 2.72. The maximum atomic E-state index is 11.5. The molecule has 1 aromatic carbocycles. The van der Waals surface area contributed by atoms with E-state index in [2.05, 4.69) is 32.0 Å². The first-order chi connectivity index (χ1) is 8.60. The molecule has 2 nitrogen and oxygen atoms in total. The molecule has 0 bridgehead atoms. The first-order valence-electron chi connectivity index (χ1n) is 6.86. The van der Waals surface area contributed by atoms with Crippen molar-refractivity contribution in [2.75, 3.05) is 6.61 Å². The van der Waals surface area contributed by atoms with Gasteiger partial charge in [-0.25, -0.2) is 0 Å². The molecule has 2 heteroatoms. The molecule has 1 aliphatic carbocycles. The van der Waals surface area contributed by atoms with Gasteiger partial charge < -0.3 is 4.74 Å². The summed E-state index contributed by atoms with van der Waals surface area (Å²) in [5, 5.41) is 0. The molecule has 0 spiro atoms. The van der Waals surface area contributed by atoms with E-state index in [-0.39, 0.29) is 5.97 Å². The van der Waals surface area contributed by atoms with Crippen LogP contribution in [-0.2, 0) is 28.8 Å². The number of carbonyl (C=O) groups is 1. The van der Waals surface area contributed by atoms with E-state index in [0.717, 1.165) is 23.8 Å². The highest BCUT2D eigenvalue weighted by Gasteiger charge is 2.24. The Morgan fingerprint density at radius 3 is 2.72 bits per heavy atom. The Bertz CT molecular complexity index is 435. The van der Waals surface area contributed by atoms with Gasteiger partial charge in [0.05, 0.1) is 13.0 Å². The van der Waals surface area contributed by atoms with Gasteiger partial charge in [0, 0.05) is 0 Å². The van der Waals surface area contributed by atoms with Gasteiger partial charge in [-0.05, 0) is 48.3 Å². The summed E-state index contributed by atoms with van der Waals surface area (Å²) in [6, 6.07) is 6.44. The SMILES string of the molecule is CCOC(=O)Cc1ccc2c(c1)C[C@@H](C(C)C)C2. The van der Waals surface area contributed by atoms with Crippen molar-refractivity contribution in [3.05, 3.63) is 34.9 Å². The number of rotatable bonds is 4. The molecule has 0 N–H and O–H groups in total. The van der Waals surface area contributed by atoms with Crippen molar-refractivity contribution in [3.63, 3.8) is 0 Å². The second kappa shape index (κ2) is 5.55. The fourth-order valence-corrected chi connectivity index (χ4v) is 2.67. The third-order valence-electron chi connectivity index (χ3n) is 3.83. The second-order valence-corrected chi connectivity index (χ2v) is 5.50. The Morgan fingerprint density at radius 2 is 2.06 bits per heavy atom. The number of carbonyl (C=O) groups excluding carboxylic acids is 1. The summed E-state index contributed by atoms with van der Waals surface area (Å²) in [5.74, 6) is 1.36. The molecular weight excluding hydrogens is 224 g/mol. The van der Waals surface area contributed by atoms with Gasteiger partial charge >= 0.3 is 5.97 Å². The van der Waals surface area contributed by atoms with Crippen LogP contribution in [0.2, 0.25) is 0 Å². The molecule has 1 aliphatic rings. The van der Waals surface area contributed by atoms with Crippen molar-refractivity contribution in [2.45, 2.75) is 40.0 Å². The lowest BCUT2D eigenvalue weighted by molar-refractivity contribution is -0.142. The molecule has 0 saturated carbocycles. The van der Waals surface area contributed by atoms with Crippen molar-refractivity contribution in [3.8, 4) is 0 Å². The minimum Gasteiger partial charge on any atom is -0.466 e. The molecule has 0 radical (unpaired) electrons. The molecule has 1 atom stereocenters. The van der Waals surface area contributed by atoms with Crippen LogP contribution < -0.4 is 0 Å². The fraction of sp³-hybridized carbons (Fsp3) is 0.562. The lowest BCUT2D eigenvalue weighted by atomic mass is 9.93. The third kappa shape index (κ3) is 2.92. The van der Waals surface area contributed by atoms with Gasteiger partial charge in [0.1, 0.15) is 0 Å². The molecule has 0 aliphatic heterocycles. The summed E-state index contributed by atoms with van der Waals surface area (Å²) < 4.78 is 4.99. The zero-order chi connectivity index (χ0) is 13.1. The number of ether oxygens (including phenoxy) is 1. The lowest BCUT2D eigenvalue weighted by Gasteiger charge is -2.12. The largest absolute Gasteiger partial charge is 0.466 e. The first-order valence-corrected chi connectivity index (χ1v) is 6.86. The van der Waals surface area contributed by atoms with Crippen LogP contribution in [0.4, 0.5) is 0 Å². The van der Waals surface area contributed by atoms with E-state index in [4.69, 9.17) is 4.74 Å². The molecule has 0 heterocycles. The van der Waals surface area contributed by atoms with Gasteiger partial charge in [0.15, 0.2) is 0 Å². The van der Waals surface area contributed by atoms with Crippen molar-refractivity contribution in [1.82, 2.24) is 0 Å². The standard InChI is InChI=1S/C16H22O2/c1-4-18-16(17)8-12-5-6-13-9-14(11(2)3)10-15(13)7-12/h5-7,11,14H,4,8-10H2,1-3H3/t14-/m0/s1. The van der Waals surface area contributed by atoms with Crippen LogP contribution in [0.15, 0.2) is 18.2 Å². The molecule has 2 rings (SSSR count). The summed E-state index contributed by atoms with van der Waals surface area (Å²) in [4.78, 5) is 11.5. The van der Waals surface area contributed by atoms with Gasteiger partial charge in [-0.1, -0.05) is 32.0 Å². The number of esters is 1. The lowest BCUT2D eigenvalue weighted by Crippen LogP contribution is -2.08. The second-order valence-electron chi connectivity index (χ2n) is 5.50. The molecular formula is C16H22O2. The highest BCUT2D eigenvalue weighted by molar-refractivity contribution is 5.72. The van der Waals surface area contributed by atoms with Crippen LogP contribution in [0.1, 0.15) is 37.5 Å². The van der Waals surface area contributed by atoms with Crippen LogP contribution in [0.3, 0.4) is 0 Å². The van der Waals surface area contributed by atoms with E-state index < -0.39 is 0 Å². The minimum absolute atomic E-state index is 0.129. The summed E-state index contributed by atoms with van der Waals surface area (Å²) >= 11 is 0. The van der Waals surface area contributed by atoms with Crippen molar-refractivity contribution in [2.24, 2.45) is 11.8 Å². The van der Waals surface area contributed by atoms with Gasteiger partial charge in [-0.3, -0.25) is 4.79 Å². The quantitative estimate of drug-likeness (QED) is 0.763. The molecule has 0 amide bonds. The first kappa shape index (κ1) is 13.1. The molecule has 98 valence electrons. The number of benzene rings is 1. The van der Waals surface area contributed by atoms with Crippen molar-refractivity contribution in [1.29, 1.82) is 0 Å². The van der Waals surface area contributed by atoms with E-state index >= 15 is 0 Å². The molecule has 0 saturated heterocycles. The maximum absolute atomic E-state index is 11.5. The Labute approximate surface area is 109 Å². The zero-order valence-corrected chi connectivity index (χ0v) is 11.5. The van der Waals surface area contributed by atoms with Gasteiger partial charge in [-0.2, -0.15) is 0 Å². The predicted molar refractivity (Wildman–Crippen MR) is 72.5 cm³/mol. The highest BCUT2D eigenvalue weighted by Crippen LogP contribution is 2.32. The summed E-state index contributed by atoms with van der Waals surface area (Å²) in [7, 11) is 0. The fourth-order valence-electron chi connectivity index (χ4n) is 2.67. The van der Waals surface area contributed by atoms with Gasteiger partial charge in [0.25, 0.3) is 0 Å². The van der Waals surface area contributed by atoms with Crippen LogP contribution in [0, 0.1) is 11.8 Å². The normalized spacial score (nSPS) is 17.9. The van der Waals surface area contributed by atoms with Crippen LogP contribution in [-0.4, -0.2) is 12.6 Å². The Hall–Kier alpha value is -1.31. The summed E-state index contributed by atoms with van der Waals surface area (Å²) in [5.41, 5.74) is 3.97. The van der Waals surface area contributed by atoms with E-state index in [1.54, 1.807) is 0 Å². The van der Waals surface area contributed by atoms with E-state index in [1.165, 1.54) is 17.5 Å². The van der Waals surface area contributed by atoms with Crippen LogP contribution in [0.25, 0.3) is 0 Å². The highest BCUT2D eigenvalue weighted by atomic mass is 16.5. The molecule has 1 aromatic rings. The average molecular weight is 246 g/mol. The topological polar surface area (TPSA) is 26.3 Å². The van der Waals surface area contributed by atoms with E-state index in [1.807, 2.05) is 6.92 Å². The molecule has 0 unspecified atom stereocenters. The van der Waals surface area contributed by atoms with Crippen molar-refractivity contribution < 1.29 is 9.53 Å². The summed E-state index contributed by atoms with van der Waals surface area (Å²) in [6.07, 6.45) is 2.74. The number of hydrogen-bond acceptors (Lipinski definition) is 2. The molecule has 18 heavy (non-hydrogen) atoms. The van der Waals surface area contributed by atoms with Gasteiger partial charge in [-0.15, -0.1) is 0 Å². The van der Waals surface area contributed by atoms with Crippen LogP contribution in [0.5, 0.6) is 0 Å². The van der Waals surface area contributed by atoms with Gasteiger partial charge in [0.2, 0.25) is 0 Å². The Morgan fingerprint density at radius 1 is 1.33 bits per heavy atom. The van der Waals surface area contributed by atoms with Crippen LogP contribution >= 0.6 is 0 Å². The van der Waals surface area contributed by atoms with Crippen molar-refractivity contribution >= 4 is 5.97 Å².